The molecule has 2 nitrogen and oxygen atoms in total. The van der Waals surface area contributed by atoms with E-state index in [0.29, 0.717) is 6.04 Å². The SMILES string of the molecule is C=C(C)CCCCCNC1CCCCCC(O)CCC1. The molecule has 1 fully saturated rings. The number of hydrogen-bond donors (Lipinski definition) is 2. The Bertz CT molecular complexity index is 252. The molecule has 2 heteroatoms. The summed E-state index contributed by atoms with van der Waals surface area (Å²) in [6, 6.07) is 0.682. The molecule has 2 unspecified atom stereocenters. The average molecular weight is 281 g/mol. The second-order valence-corrected chi connectivity index (χ2v) is 6.64. The molecule has 0 radical (unpaired) electrons. The first-order chi connectivity index (χ1) is 9.68. The second-order valence-electron chi connectivity index (χ2n) is 6.64. The largest absolute Gasteiger partial charge is 0.393 e. The van der Waals surface area contributed by atoms with Crippen molar-refractivity contribution in [2.24, 2.45) is 0 Å². The fourth-order valence-corrected chi connectivity index (χ4v) is 3.07. The van der Waals surface area contributed by atoms with Gasteiger partial charge in [0.05, 0.1) is 6.10 Å². The van der Waals surface area contributed by atoms with E-state index in [9.17, 15) is 5.11 Å². The molecule has 1 saturated carbocycles. The third-order valence-electron chi connectivity index (χ3n) is 4.39. The summed E-state index contributed by atoms with van der Waals surface area (Å²) in [6.45, 7) is 7.23. The molecule has 118 valence electrons. The van der Waals surface area contributed by atoms with Gasteiger partial charge < -0.3 is 10.4 Å². The number of allylic oxidation sites excluding steroid dienone is 1. The van der Waals surface area contributed by atoms with Gasteiger partial charge in [-0.3, -0.25) is 0 Å². The zero-order chi connectivity index (χ0) is 14.6. The zero-order valence-electron chi connectivity index (χ0n) is 13.5. The quantitative estimate of drug-likeness (QED) is 0.529. The first-order valence-corrected chi connectivity index (χ1v) is 8.74. The highest BCUT2D eigenvalue weighted by Gasteiger charge is 2.12. The molecule has 2 atom stereocenters. The molecule has 0 heterocycles. The first kappa shape index (κ1) is 17.7. The molecule has 2 N–H and O–H groups in total. The molecule has 0 aromatic rings. The van der Waals surface area contributed by atoms with E-state index < -0.39 is 0 Å². The van der Waals surface area contributed by atoms with Gasteiger partial charge in [-0.1, -0.05) is 31.3 Å². The summed E-state index contributed by atoms with van der Waals surface area (Å²) in [7, 11) is 0. The van der Waals surface area contributed by atoms with Crippen molar-refractivity contribution >= 4 is 0 Å². The number of rotatable bonds is 7. The van der Waals surface area contributed by atoms with Gasteiger partial charge in [-0.05, 0) is 64.8 Å². The summed E-state index contributed by atoms with van der Waals surface area (Å²) < 4.78 is 0. The summed E-state index contributed by atoms with van der Waals surface area (Å²) in [5.41, 5.74) is 1.31. The van der Waals surface area contributed by atoms with Gasteiger partial charge in [0, 0.05) is 6.04 Å². The van der Waals surface area contributed by atoms with E-state index >= 15 is 0 Å². The molecule has 0 aromatic carbocycles. The van der Waals surface area contributed by atoms with Crippen LogP contribution in [-0.4, -0.2) is 23.8 Å². The van der Waals surface area contributed by atoms with Gasteiger partial charge >= 0.3 is 0 Å². The van der Waals surface area contributed by atoms with Crippen LogP contribution in [0.4, 0.5) is 0 Å². The van der Waals surface area contributed by atoms with Crippen molar-refractivity contribution in [3.05, 3.63) is 12.2 Å². The van der Waals surface area contributed by atoms with Crippen LogP contribution < -0.4 is 5.32 Å². The summed E-state index contributed by atoms with van der Waals surface area (Å²) in [5.74, 6) is 0. The Labute approximate surface area is 126 Å². The van der Waals surface area contributed by atoms with E-state index in [0.717, 1.165) is 19.4 Å². The molecule has 0 saturated heterocycles. The van der Waals surface area contributed by atoms with Crippen molar-refractivity contribution in [3.8, 4) is 0 Å². The standard InChI is InChI=1S/C18H35NO/c1-16(2)10-5-4-8-15-19-17-11-6-3-7-13-18(20)14-9-12-17/h17-20H,1,3-15H2,2H3. The number of hydrogen-bond acceptors (Lipinski definition) is 2. The van der Waals surface area contributed by atoms with Crippen LogP contribution in [-0.2, 0) is 0 Å². The summed E-state index contributed by atoms with van der Waals surface area (Å²) in [6.07, 6.45) is 14.6. The minimum Gasteiger partial charge on any atom is -0.393 e. The van der Waals surface area contributed by atoms with Crippen LogP contribution in [0.15, 0.2) is 12.2 Å². The topological polar surface area (TPSA) is 32.3 Å². The van der Waals surface area contributed by atoms with Crippen molar-refractivity contribution in [2.75, 3.05) is 6.54 Å². The normalized spacial score (nSPS) is 25.3. The van der Waals surface area contributed by atoms with Gasteiger partial charge in [-0.2, -0.15) is 0 Å². The lowest BCUT2D eigenvalue weighted by Crippen LogP contribution is -2.30. The van der Waals surface area contributed by atoms with Gasteiger partial charge in [0.2, 0.25) is 0 Å². The van der Waals surface area contributed by atoms with Crippen LogP contribution in [0.3, 0.4) is 0 Å². The Hall–Kier alpha value is -0.340. The molecule has 1 aliphatic rings. The van der Waals surface area contributed by atoms with Crippen molar-refractivity contribution in [2.45, 2.75) is 96.1 Å². The molecule has 0 aliphatic heterocycles. The van der Waals surface area contributed by atoms with E-state index in [-0.39, 0.29) is 6.10 Å². The first-order valence-electron chi connectivity index (χ1n) is 8.74. The number of aliphatic hydroxyl groups is 1. The van der Waals surface area contributed by atoms with Crippen LogP contribution >= 0.6 is 0 Å². The fraction of sp³-hybridized carbons (Fsp3) is 0.889. The van der Waals surface area contributed by atoms with Gasteiger partial charge in [0.25, 0.3) is 0 Å². The Morgan fingerprint density at radius 3 is 2.50 bits per heavy atom. The van der Waals surface area contributed by atoms with Gasteiger partial charge in [-0.15, -0.1) is 6.58 Å². The van der Waals surface area contributed by atoms with Gasteiger partial charge in [0.1, 0.15) is 0 Å². The highest BCUT2D eigenvalue weighted by molar-refractivity contribution is 4.87. The Kier molecular flexibility index (Phi) is 10.0. The van der Waals surface area contributed by atoms with Gasteiger partial charge in [0.15, 0.2) is 0 Å². The van der Waals surface area contributed by atoms with Gasteiger partial charge in [-0.25, -0.2) is 0 Å². The van der Waals surface area contributed by atoms with Crippen molar-refractivity contribution in [3.63, 3.8) is 0 Å². The van der Waals surface area contributed by atoms with Crippen molar-refractivity contribution in [1.82, 2.24) is 5.32 Å². The molecular formula is C18H35NO. The number of aliphatic hydroxyl groups excluding tert-OH is 1. The minimum atomic E-state index is -0.0455. The van der Waals surface area contributed by atoms with Crippen LogP contribution in [0.25, 0.3) is 0 Å². The minimum absolute atomic E-state index is 0.0455. The van der Waals surface area contributed by atoms with Crippen molar-refractivity contribution in [1.29, 1.82) is 0 Å². The summed E-state index contributed by atoms with van der Waals surface area (Å²) in [4.78, 5) is 0. The predicted molar refractivity (Wildman–Crippen MR) is 88.0 cm³/mol. The number of unbranched alkanes of at least 4 members (excludes halogenated alkanes) is 2. The highest BCUT2D eigenvalue weighted by Crippen LogP contribution is 2.17. The molecule has 1 rings (SSSR count). The Balaban J connectivity index is 2.08. The third-order valence-corrected chi connectivity index (χ3v) is 4.39. The zero-order valence-corrected chi connectivity index (χ0v) is 13.5. The van der Waals surface area contributed by atoms with E-state index in [2.05, 4.69) is 18.8 Å². The Morgan fingerprint density at radius 2 is 1.70 bits per heavy atom. The van der Waals surface area contributed by atoms with E-state index in [1.807, 2.05) is 0 Å². The third kappa shape index (κ3) is 9.55. The predicted octanol–water partition coefficient (Wildman–Crippen LogP) is 4.58. The van der Waals surface area contributed by atoms with Crippen LogP contribution in [0.1, 0.15) is 84.0 Å². The molecule has 0 spiro atoms. The maximum atomic E-state index is 9.81. The molecule has 1 aliphatic carbocycles. The van der Waals surface area contributed by atoms with Crippen LogP contribution in [0, 0.1) is 0 Å². The highest BCUT2D eigenvalue weighted by atomic mass is 16.3. The fourth-order valence-electron chi connectivity index (χ4n) is 3.07. The monoisotopic (exact) mass is 281 g/mol. The van der Waals surface area contributed by atoms with Crippen LogP contribution in [0.2, 0.25) is 0 Å². The summed E-state index contributed by atoms with van der Waals surface area (Å²) in [5, 5.41) is 13.5. The van der Waals surface area contributed by atoms with E-state index in [1.165, 1.54) is 69.8 Å². The van der Waals surface area contributed by atoms with E-state index in [4.69, 9.17) is 0 Å². The lowest BCUT2D eigenvalue weighted by molar-refractivity contribution is 0.143. The Morgan fingerprint density at radius 1 is 1.00 bits per heavy atom. The maximum Gasteiger partial charge on any atom is 0.0540 e. The molecule has 20 heavy (non-hydrogen) atoms. The lowest BCUT2D eigenvalue weighted by Gasteiger charge is -2.21. The van der Waals surface area contributed by atoms with E-state index in [1.54, 1.807) is 0 Å². The maximum absolute atomic E-state index is 9.81. The molecular weight excluding hydrogens is 246 g/mol. The second kappa shape index (κ2) is 11.3. The lowest BCUT2D eigenvalue weighted by atomic mass is 9.96. The van der Waals surface area contributed by atoms with Crippen LogP contribution in [0.5, 0.6) is 0 Å². The molecule has 0 aromatic heterocycles. The summed E-state index contributed by atoms with van der Waals surface area (Å²) >= 11 is 0. The van der Waals surface area contributed by atoms with Crippen molar-refractivity contribution < 1.29 is 5.11 Å². The number of nitrogens with one attached hydrogen (secondary N) is 1. The average Bonchev–Trinajstić information content (AvgIpc) is 2.41. The molecule has 0 bridgehead atoms. The molecule has 0 amide bonds. The smallest absolute Gasteiger partial charge is 0.0540 e.